The second-order valence-corrected chi connectivity index (χ2v) is 14.0. The monoisotopic (exact) mass is 705 g/mol. The van der Waals surface area contributed by atoms with Crippen molar-refractivity contribution in [3.63, 3.8) is 0 Å². The van der Waals surface area contributed by atoms with E-state index < -0.39 is 0 Å². The van der Waals surface area contributed by atoms with Gasteiger partial charge in [-0.15, -0.1) is 0 Å². The maximum atomic E-state index is 13.6. The number of nitrogens with zero attached hydrogens (tertiary/aromatic N) is 7. The molecule has 8 rings (SSSR count). The fraction of sp³-hybridized carbons (Fsp3) is 0.421. The summed E-state index contributed by atoms with van der Waals surface area (Å²) in [6, 6.07) is 13.5. The summed E-state index contributed by atoms with van der Waals surface area (Å²) in [6.07, 6.45) is 10.2. The quantitative estimate of drug-likeness (QED) is 0.218. The fourth-order valence-electron chi connectivity index (χ4n) is 7.97. The molecule has 3 aromatic heterocycles. The Morgan fingerprint density at radius 2 is 1.77 bits per heavy atom. The minimum atomic E-state index is -0.376. The molecule has 3 amide bonds. The zero-order chi connectivity index (χ0) is 35.8. The van der Waals surface area contributed by atoms with Gasteiger partial charge in [-0.05, 0) is 62.3 Å². The normalized spacial score (nSPS) is 21.3. The standard InChI is InChI=1S/C38H43N9O5/c1-51-32-19-27(9-10-28(32)29-11-12-35(48)42-37(29)49)45-16-14-44(15-17-45)22-24-5-7-26(8-6-24)41-38(50)30-18-25-23-46(43-31(25)20-33(30)52-2)36-21-39-34-4-3-13-40-47(34)36/h3-4,9-10,13,18-21,23-24,26,29H,5-8,11-12,14-17,22H2,1-2H3,(H,41,50)(H,42,48,49). The third kappa shape index (κ3) is 6.65. The minimum absolute atomic E-state index is 0.117. The molecular formula is C38H43N9O5. The molecule has 2 saturated heterocycles. The SMILES string of the molecule is COc1cc2nn(-c3cnc4cccnn34)cc2cc1C(=O)NC1CCC(CN2CCN(c3ccc(C4CCC(=O)NC4=O)c(OC)c3)CC2)CC1. The van der Waals surface area contributed by atoms with E-state index in [0.29, 0.717) is 47.2 Å². The summed E-state index contributed by atoms with van der Waals surface area (Å²) in [7, 11) is 3.20. The van der Waals surface area contributed by atoms with Gasteiger partial charge in [-0.25, -0.2) is 9.67 Å². The molecule has 0 spiro atoms. The molecule has 3 fully saturated rings. The smallest absolute Gasteiger partial charge is 0.255 e. The van der Waals surface area contributed by atoms with E-state index in [9.17, 15) is 14.4 Å². The molecule has 2 aliphatic heterocycles. The van der Waals surface area contributed by atoms with Crippen LogP contribution >= 0.6 is 0 Å². The van der Waals surface area contributed by atoms with Gasteiger partial charge in [0.1, 0.15) is 11.5 Å². The molecule has 1 atom stereocenters. The van der Waals surface area contributed by atoms with E-state index in [4.69, 9.17) is 14.6 Å². The molecule has 1 aliphatic carbocycles. The lowest BCUT2D eigenvalue weighted by Crippen LogP contribution is -2.48. The number of methoxy groups -OCH3 is 2. The van der Waals surface area contributed by atoms with E-state index in [1.165, 1.54) is 0 Å². The zero-order valence-corrected chi connectivity index (χ0v) is 29.5. The largest absolute Gasteiger partial charge is 0.496 e. The summed E-state index contributed by atoms with van der Waals surface area (Å²) in [5.41, 5.74) is 3.84. The molecule has 270 valence electrons. The second-order valence-electron chi connectivity index (χ2n) is 14.0. The van der Waals surface area contributed by atoms with E-state index in [-0.39, 0.29) is 29.7 Å². The average Bonchev–Trinajstić information content (AvgIpc) is 3.79. The molecule has 2 aromatic carbocycles. The summed E-state index contributed by atoms with van der Waals surface area (Å²) in [5, 5.41) is 15.7. The third-order valence-electron chi connectivity index (χ3n) is 10.8. The number of ether oxygens (including phenoxy) is 2. The van der Waals surface area contributed by atoms with Gasteiger partial charge < -0.3 is 19.7 Å². The predicted molar refractivity (Wildman–Crippen MR) is 194 cm³/mol. The van der Waals surface area contributed by atoms with Gasteiger partial charge in [0.2, 0.25) is 11.8 Å². The van der Waals surface area contributed by atoms with Crippen LogP contribution in [0.2, 0.25) is 0 Å². The average molecular weight is 706 g/mol. The topological polar surface area (TPSA) is 148 Å². The summed E-state index contributed by atoms with van der Waals surface area (Å²) in [5.74, 6) is 1.49. The second kappa shape index (κ2) is 14.3. The first-order valence-electron chi connectivity index (χ1n) is 18.0. The summed E-state index contributed by atoms with van der Waals surface area (Å²) in [6.45, 7) is 4.82. The van der Waals surface area contributed by atoms with Crippen LogP contribution in [0.5, 0.6) is 11.5 Å². The number of piperidine rings is 1. The number of hydrogen-bond donors (Lipinski definition) is 2. The fourth-order valence-corrected chi connectivity index (χ4v) is 7.97. The number of rotatable bonds is 9. The number of aromatic nitrogens is 5. The lowest BCUT2D eigenvalue weighted by atomic mass is 9.85. The van der Waals surface area contributed by atoms with Crippen molar-refractivity contribution < 1.29 is 23.9 Å². The van der Waals surface area contributed by atoms with Crippen LogP contribution in [0.1, 0.15) is 60.4 Å². The van der Waals surface area contributed by atoms with Crippen molar-refractivity contribution in [2.75, 3.05) is 51.8 Å². The summed E-state index contributed by atoms with van der Waals surface area (Å²) in [4.78, 5) is 47.0. The first kappa shape index (κ1) is 33.6. The predicted octanol–water partition coefficient (Wildman–Crippen LogP) is 3.72. The van der Waals surface area contributed by atoms with Gasteiger partial charge in [-0.1, -0.05) is 6.07 Å². The molecule has 0 bridgehead atoms. The van der Waals surface area contributed by atoms with E-state index >= 15 is 0 Å². The van der Waals surface area contributed by atoms with Crippen LogP contribution in [0, 0.1) is 5.92 Å². The Kier molecular flexibility index (Phi) is 9.22. The van der Waals surface area contributed by atoms with Crippen LogP contribution < -0.4 is 25.0 Å². The molecule has 14 nitrogen and oxygen atoms in total. The third-order valence-corrected chi connectivity index (χ3v) is 10.8. The lowest BCUT2D eigenvalue weighted by molar-refractivity contribution is -0.134. The van der Waals surface area contributed by atoms with Crippen molar-refractivity contribution in [2.24, 2.45) is 5.92 Å². The molecule has 52 heavy (non-hydrogen) atoms. The number of carbonyl (C=O) groups is 3. The summed E-state index contributed by atoms with van der Waals surface area (Å²) < 4.78 is 14.8. The van der Waals surface area contributed by atoms with Crippen LogP contribution in [0.4, 0.5) is 5.69 Å². The molecular weight excluding hydrogens is 662 g/mol. The maximum Gasteiger partial charge on any atom is 0.255 e. The zero-order valence-electron chi connectivity index (χ0n) is 29.5. The van der Waals surface area contributed by atoms with E-state index in [1.807, 2.05) is 36.5 Å². The molecule has 14 heteroatoms. The summed E-state index contributed by atoms with van der Waals surface area (Å²) >= 11 is 0. The van der Waals surface area contributed by atoms with Crippen LogP contribution in [0.25, 0.3) is 22.4 Å². The Labute approximate surface area is 301 Å². The number of carbonyl (C=O) groups excluding carboxylic acids is 3. The Bertz CT molecular complexity index is 2130. The number of piperazine rings is 1. The van der Waals surface area contributed by atoms with E-state index in [1.54, 1.807) is 41.9 Å². The maximum absolute atomic E-state index is 13.6. The van der Waals surface area contributed by atoms with Crippen molar-refractivity contribution in [3.8, 4) is 17.3 Å². The Balaban J connectivity index is 0.835. The van der Waals surface area contributed by atoms with Crippen molar-refractivity contribution in [2.45, 2.75) is 50.5 Å². The molecule has 1 unspecified atom stereocenters. The molecule has 0 radical (unpaired) electrons. The molecule has 1 saturated carbocycles. The number of anilines is 1. The highest BCUT2D eigenvalue weighted by atomic mass is 16.5. The van der Waals surface area contributed by atoms with Crippen molar-refractivity contribution in [1.29, 1.82) is 0 Å². The molecule has 5 aromatic rings. The van der Waals surface area contributed by atoms with Gasteiger partial charge in [-0.2, -0.15) is 14.7 Å². The highest BCUT2D eigenvalue weighted by Gasteiger charge is 2.31. The van der Waals surface area contributed by atoms with Gasteiger partial charge in [0.25, 0.3) is 5.91 Å². The molecule has 3 aliphatic rings. The Morgan fingerprint density at radius 3 is 2.54 bits per heavy atom. The first-order chi connectivity index (χ1) is 25.4. The van der Waals surface area contributed by atoms with Crippen LogP contribution in [0.15, 0.2) is 61.1 Å². The number of nitrogens with one attached hydrogen (secondary N) is 2. The van der Waals surface area contributed by atoms with Crippen LogP contribution in [-0.4, -0.2) is 100.0 Å². The number of imide groups is 1. The van der Waals surface area contributed by atoms with E-state index in [2.05, 4.69) is 36.6 Å². The van der Waals surface area contributed by atoms with E-state index in [0.717, 1.165) is 80.7 Å². The van der Waals surface area contributed by atoms with Gasteiger partial charge >= 0.3 is 0 Å². The highest BCUT2D eigenvalue weighted by molar-refractivity contribution is 6.02. The van der Waals surface area contributed by atoms with Crippen LogP contribution in [-0.2, 0) is 9.59 Å². The van der Waals surface area contributed by atoms with Gasteiger partial charge in [0, 0.05) is 86.3 Å². The van der Waals surface area contributed by atoms with Crippen molar-refractivity contribution in [1.82, 2.24) is 39.9 Å². The minimum Gasteiger partial charge on any atom is -0.496 e. The number of fused-ring (bicyclic) bond motifs is 2. The van der Waals surface area contributed by atoms with Gasteiger partial charge in [0.05, 0.1) is 37.4 Å². The van der Waals surface area contributed by atoms with Crippen molar-refractivity contribution >= 4 is 40.0 Å². The molecule has 5 heterocycles. The number of imidazole rings is 1. The molecule has 2 N–H and O–H groups in total. The highest BCUT2D eigenvalue weighted by Crippen LogP contribution is 2.36. The lowest BCUT2D eigenvalue weighted by Gasteiger charge is -2.39. The Morgan fingerprint density at radius 1 is 0.962 bits per heavy atom. The first-order valence-corrected chi connectivity index (χ1v) is 18.0. The number of amides is 3. The number of benzene rings is 2. The van der Waals surface area contributed by atoms with Crippen LogP contribution in [0.3, 0.4) is 0 Å². The van der Waals surface area contributed by atoms with Gasteiger partial charge in [-0.3, -0.25) is 24.6 Å². The van der Waals surface area contributed by atoms with Crippen molar-refractivity contribution in [3.05, 3.63) is 72.2 Å². The Hall–Kier alpha value is -5.50. The van der Waals surface area contributed by atoms with Gasteiger partial charge in [0.15, 0.2) is 11.5 Å². The number of hydrogen-bond acceptors (Lipinski definition) is 10.